The molecule has 0 spiro atoms. The largest absolute Gasteiger partial charge is 0.480 e. The summed E-state index contributed by atoms with van der Waals surface area (Å²) >= 11 is 5.80. The van der Waals surface area contributed by atoms with Crippen molar-refractivity contribution in [2.45, 2.75) is 17.9 Å². The number of hydrogen-bond acceptors (Lipinski definition) is 4. The lowest BCUT2D eigenvalue weighted by Gasteiger charge is -2.27. The lowest BCUT2D eigenvalue weighted by Crippen LogP contribution is -2.45. The Balaban J connectivity index is 2.29. The highest BCUT2D eigenvalue weighted by atomic mass is 35.5. The van der Waals surface area contributed by atoms with Gasteiger partial charge in [0.05, 0.1) is 12.5 Å². The van der Waals surface area contributed by atoms with Gasteiger partial charge in [-0.2, -0.15) is 0 Å². The summed E-state index contributed by atoms with van der Waals surface area (Å²) in [4.78, 5) is 10.8. The number of amides is 1. The fourth-order valence-electron chi connectivity index (χ4n) is 2.34. The first-order valence-corrected chi connectivity index (χ1v) is 6.50. The molecule has 0 aliphatic carbocycles. The molecule has 1 amide bonds. The van der Waals surface area contributed by atoms with Crippen molar-refractivity contribution in [2.24, 2.45) is 5.73 Å². The monoisotopic (exact) mass is 303 g/mol. The fraction of sp³-hybridized carbons (Fsp3) is 0.462. The Morgan fingerprint density at radius 1 is 1.55 bits per heavy atom. The van der Waals surface area contributed by atoms with Crippen LogP contribution in [-0.2, 0) is 21.8 Å². The zero-order valence-corrected chi connectivity index (χ0v) is 11.7. The van der Waals surface area contributed by atoms with Crippen LogP contribution in [0, 0.1) is 5.82 Å². The second kappa shape index (κ2) is 5.85. The molecule has 20 heavy (non-hydrogen) atoms. The van der Waals surface area contributed by atoms with Crippen LogP contribution < -0.4 is 10.5 Å². The highest BCUT2D eigenvalue weighted by Gasteiger charge is 2.42. The first-order chi connectivity index (χ1) is 9.49. The molecular formula is C13H15ClFNO4. The number of rotatable bonds is 5. The predicted molar refractivity (Wildman–Crippen MR) is 70.4 cm³/mol. The Bertz CT molecular complexity index is 525. The number of ether oxygens (including phenoxy) is 3. The molecule has 0 saturated heterocycles. The van der Waals surface area contributed by atoms with E-state index in [0.717, 1.165) is 0 Å². The number of alkyl halides is 1. The van der Waals surface area contributed by atoms with Gasteiger partial charge in [0, 0.05) is 24.7 Å². The Hall–Kier alpha value is -1.53. The number of hydrogen-bond donors (Lipinski definition) is 1. The Kier molecular flexibility index (Phi) is 4.35. The van der Waals surface area contributed by atoms with Gasteiger partial charge >= 0.3 is 6.09 Å². The molecule has 0 fully saturated rings. The molecule has 1 unspecified atom stereocenters. The Morgan fingerprint density at radius 2 is 2.30 bits per heavy atom. The van der Waals surface area contributed by atoms with Gasteiger partial charge in [-0.15, -0.1) is 11.6 Å². The summed E-state index contributed by atoms with van der Waals surface area (Å²) in [5.74, 6) is 0.262. The molecule has 5 nitrogen and oxygen atoms in total. The van der Waals surface area contributed by atoms with Crippen molar-refractivity contribution in [3.63, 3.8) is 0 Å². The Morgan fingerprint density at radius 3 is 2.90 bits per heavy atom. The van der Waals surface area contributed by atoms with Gasteiger partial charge in [-0.05, 0) is 12.1 Å². The molecule has 1 atom stereocenters. The van der Waals surface area contributed by atoms with Crippen LogP contribution in [0.3, 0.4) is 0 Å². The molecule has 1 aliphatic heterocycles. The van der Waals surface area contributed by atoms with E-state index in [2.05, 4.69) is 0 Å². The van der Waals surface area contributed by atoms with Crippen LogP contribution in [0.1, 0.15) is 11.1 Å². The van der Waals surface area contributed by atoms with Crippen LogP contribution >= 0.6 is 11.6 Å². The number of carbonyl (C=O) groups excluding carboxylic acids is 1. The van der Waals surface area contributed by atoms with E-state index in [1.807, 2.05) is 0 Å². The van der Waals surface area contributed by atoms with E-state index >= 15 is 0 Å². The lowest BCUT2D eigenvalue weighted by atomic mass is 9.98. The van der Waals surface area contributed by atoms with E-state index in [-0.39, 0.29) is 24.9 Å². The van der Waals surface area contributed by atoms with Gasteiger partial charge in [0.25, 0.3) is 0 Å². The normalized spacial score (nSPS) is 20.4. The summed E-state index contributed by atoms with van der Waals surface area (Å²) in [7, 11) is 1.50. The highest BCUT2D eigenvalue weighted by Crippen LogP contribution is 2.39. The quantitative estimate of drug-likeness (QED) is 0.844. The van der Waals surface area contributed by atoms with Crippen LogP contribution in [0.25, 0.3) is 0 Å². The molecule has 2 N–H and O–H groups in total. The molecule has 2 rings (SSSR count). The Labute approximate surface area is 120 Å². The maximum absolute atomic E-state index is 13.5. The summed E-state index contributed by atoms with van der Waals surface area (Å²) in [6.07, 6.45) is -0.547. The first kappa shape index (κ1) is 14.9. The van der Waals surface area contributed by atoms with Crippen molar-refractivity contribution in [1.82, 2.24) is 0 Å². The first-order valence-electron chi connectivity index (χ1n) is 5.97. The zero-order chi connectivity index (χ0) is 14.8. The number of fused-ring (bicyclic) bond motifs is 1. The lowest BCUT2D eigenvalue weighted by molar-refractivity contribution is -0.0362. The third-order valence-electron chi connectivity index (χ3n) is 3.07. The molecule has 0 radical (unpaired) electrons. The third kappa shape index (κ3) is 2.96. The van der Waals surface area contributed by atoms with Crippen LogP contribution in [-0.4, -0.2) is 32.0 Å². The van der Waals surface area contributed by atoms with Gasteiger partial charge in [0.15, 0.2) is 5.60 Å². The van der Waals surface area contributed by atoms with Crippen LogP contribution in [0.15, 0.2) is 12.1 Å². The molecule has 1 aliphatic rings. The molecule has 7 heteroatoms. The summed E-state index contributed by atoms with van der Waals surface area (Å²) < 4.78 is 29.3. The van der Waals surface area contributed by atoms with Gasteiger partial charge in [-0.25, -0.2) is 9.18 Å². The predicted octanol–water partition coefficient (Wildman–Crippen LogP) is 1.98. The van der Waals surface area contributed by atoms with Gasteiger partial charge in [-0.3, -0.25) is 0 Å². The topological polar surface area (TPSA) is 70.8 Å². The van der Waals surface area contributed by atoms with E-state index in [9.17, 15) is 9.18 Å². The number of methoxy groups -OCH3 is 1. The van der Waals surface area contributed by atoms with E-state index < -0.39 is 11.7 Å². The molecule has 1 aromatic rings. The smallest absolute Gasteiger partial charge is 0.404 e. The average Bonchev–Trinajstić information content (AvgIpc) is 2.74. The molecule has 0 aromatic heterocycles. The van der Waals surface area contributed by atoms with E-state index in [1.165, 1.54) is 19.2 Å². The van der Waals surface area contributed by atoms with Crippen molar-refractivity contribution in [3.05, 3.63) is 29.1 Å². The second-order valence-electron chi connectivity index (χ2n) is 4.69. The number of halogens is 2. The summed E-state index contributed by atoms with van der Waals surface area (Å²) in [5.41, 5.74) is 5.30. The van der Waals surface area contributed by atoms with Crippen LogP contribution in [0.5, 0.6) is 5.75 Å². The standard InChI is InChI=1S/C13H15ClFNO4/c1-18-6-13(7-19-12(16)17)4-8-2-10(15)3-9(5-14)11(8)20-13/h2-3H,4-7H2,1H3,(H2,16,17). The minimum Gasteiger partial charge on any atom is -0.480 e. The maximum Gasteiger partial charge on any atom is 0.404 e. The van der Waals surface area contributed by atoms with Gasteiger partial charge in [0.1, 0.15) is 18.2 Å². The summed E-state index contributed by atoms with van der Waals surface area (Å²) in [5, 5.41) is 0. The molecular weight excluding hydrogens is 289 g/mol. The molecule has 0 bridgehead atoms. The zero-order valence-electron chi connectivity index (χ0n) is 10.9. The van der Waals surface area contributed by atoms with Crippen molar-refractivity contribution >= 4 is 17.7 Å². The van der Waals surface area contributed by atoms with E-state index in [4.69, 9.17) is 31.5 Å². The summed E-state index contributed by atoms with van der Waals surface area (Å²) in [6, 6.07) is 2.71. The van der Waals surface area contributed by atoms with Crippen LogP contribution in [0.4, 0.5) is 9.18 Å². The van der Waals surface area contributed by atoms with Gasteiger partial charge in [0.2, 0.25) is 0 Å². The number of benzene rings is 1. The minimum atomic E-state index is -0.902. The van der Waals surface area contributed by atoms with Crippen molar-refractivity contribution in [3.8, 4) is 5.75 Å². The maximum atomic E-state index is 13.5. The molecule has 110 valence electrons. The third-order valence-corrected chi connectivity index (χ3v) is 3.36. The van der Waals surface area contributed by atoms with Gasteiger partial charge < -0.3 is 19.9 Å². The summed E-state index contributed by atoms with van der Waals surface area (Å²) in [6.45, 7) is 0.104. The van der Waals surface area contributed by atoms with Gasteiger partial charge in [-0.1, -0.05) is 0 Å². The molecule has 1 heterocycles. The number of nitrogens with two attached hydrogens (primary N) is 1. The van der Waals surface area contributed by atoms with E-state index in [0.29, 0.717) is 23.3 Å². The van der Waals surface area contributed by atoms with Crippen molar-refractivity contribution in [1.29, 1.82) is 0 Å². The minimum absolute atomic E-state index is 0.0752. The molecule has 1 aromatic carbocycles. The van der Waals surface area contributed by atoms with Crippen molar-refractivity contribution in [2.75, 3.05) is 20.3 Å². The second-order valence-corrected chi connectivity index (χ2v) is 4.96. The SMILES string of the molecule is COCC1(COC(N)=O)Cc2cc(F)cc(CCl)c2O1. The van der Waals surface area contributed by atoms with Crippen LogP contribution in [0.2, 0.25) is 0 Å². The molecule has 0 saturated carbocycles. The fourth-order valence-corrected chi connectivity index (χ4v) is 2.54. The van der Waals surface area contributed by atoms with E-state index in [1.54, 1.807) is 0 Å². The van der Waals surface area contributed by atoms with Crippen molar-refractivity contribution < 1.29 is 23.4 Å². The average molecular weight is 304 g/mol. The number of carbonyl (C=O) groups is 1. The number of primary amides is 1. The highest BCUT2D eigenvalue weighted by molar-refractivity contribution is 6.17.